The van der Waals surface area contributed by atoms with Gasteiger partial charge in [0.25, 0.3) is 0 Å². The van der Waals surface area contributed by atoms with Crippen LogP contribution in [0.5, 0.6) is 0 Å². The molecule has 1 aromatic carbocycles. The first-order chi connectivity index (χ1) is 8.45. The van der Waals surface area contributed by atoms with E-state index in [4.69, 9.17) is 5.73 Å². The molecule has 1 aromatic rings. The van der Waals surface area contributed by atoms with Crippen LogP contribution in [0, 0.1) is 17.6 Å². The molecule has 4 heteroatoms. The highest BCUT2D eigenvalue weighted by Crippen LogP contribution is 2.23. The number of anilines is 1. The van der Waals surface area contributed by atoms with Crippen LogP contribution >= 0.6 is 0 Å². The third kappa shape index (κ3) is 2.88. The monoisotopic (exact) mass is 252 g/mol. The molecule has 1 aliphatic heterocycles. The van der Waals surface area contributed by atoms with Crippen molar-refractivity contribution in [2.24, 2.45) is 5.92 Å². The van der Waals surface area contributed by atoms with Gasteiger partial charge in [-0.2, -0.15) is 0 Å². The van der Waals surface area contributed by atoms with E-state index >= 15 is 0 Å². The van der Waals surface area contributed by atoms with E-state index < -0.39 is 11.6 Å². The van der Waals surface area contributed by atoms with Gasteiger partial charge in [0.1, 0.15) is 11.6 Å². The summed E-state index contributed by atoms with van der Waals surface area (Å²) in [6, 6.07) is 2.31. The molecular weight excluding hydrogens is 234 g/mol. The number of likely N-dealkylation sites (tertiary alicyclic amines) is 1. The Labute approximate surface area is 106 Å². The van der Waals surface area contributed by atoms with Crippen molar-refractivity contribution in [3.63, 3.8) is 0 Å². The third-order valence-electron chi connectivity index (χ3n) is 2.93. The van der Waals surface area contributed by atoms with E-state index in [1.807, 2.05) is 0 Å². The second-order valence-corrected chi connectivity index (χ2v) is 5.26. The highest BCUT2D eigenvalue weighted by Gasteiger charge is 2.21. The summed E-state index contributed by atoms with van der Waals surface area (Å²) in [7, 11) is 0. The molecule has 0 atom stereocenters. The Kier molecular flexibility index (Phi) is 3.66. The number of halogens is 2. The van der Waals surface area contributed by atoms with Crippen LogP contribution in [0.3, 0.4) is 0 Å². The van der Waals surface area contributed by atoms with Crippen LogP contribution in [-0.4, -0.2) is 24.5 Å². The molecule has 1 heterocycles. The molecule has 2 nitrogen and oxygen atoms in total. The molecule has 18 heavy (non-hydrogen) atoms. The van der Waals surface area contributed by atoms with E-state index in [1.54, 1.807) is 6.08 Å². The van der Waals surface area contributed by atoms with Gasteiger partial charge in [-0.1, -0.05) is 13.8 Å². The van der Waals surface area contributed by atoms with Crippen LogP contribution in [0.15, 0.2) is 17.7 Å². The van der Waals surface area contributed by atoms with Crippen molar-refractivity contribution in [2.75, 3.05) is 25.4 Å². The van der Waals surface area contributed by atoms with Crippen LogP contribution in [0.2, 0.25) is 0 Å². The van der Waals surface area contributed by atoms with Crippen molar-refractivity contribution in [1.82, 2.24) is 4.90 Å². The number of hydrogen-bond acceptors (Lipinski definition) is 2. The summed E-state index contributed by atoms with van der Waals surface area (Å²) < 4.78 is 27.1. The average molecular weight is 252 g/mol. The molecule has 1 fully saturated rings. The average Bonchev–Trinajstić information content (AvgIpc) is 2.17. The second kappa shape index (κ2) is 5.06. The van der Waals surface area contributed by atoms with Gasteiger partial charge in [-0.15, -0.1) is 0 Å². The van der Waals surface area contributed by atoms with Gasteiger partial charge >= 0.3 is 0 Å². The van der Waals surface area contributed by atoms with Crippen molar-refractivity contribution < 1.29 is 8.78 Å². The summed E-state index contributed by atoms with van der Waals surface area (Å²) in [5.41, 5.74) is 6.56. The number of rotatable bonds is 3. The van der Waals surface area contributed by atoms with Gasteiger partial charge < -0.3 is 5.73 Å². The lowest BCUT2D eigenvalue weighted by Crippen LogP contribution is -2.42. The van der Waals surface area contributed by atoms with Gasteiger partial charge in [0.2, 0.25) is 0 Å². The fraction of sp³-hybridized carbons (Fsp3) is 0.429. The quantitative estimate of drug-likeness (QED) is 0.838. The Morgan fingerprint density at radius 3 is 2.33 bits per heavy atom. The van der Waals surface area contributed by atoms with Crippen molar-refractivity contribution >= 4 is 11.8 Å². The van der Waals surface area contributed by atoms with E-state index in [-0.39, 0.29) is 11.3 Å². The molecule has 0 spiro atoms. The Hall–Kier alpha value is -1.42. The molecule has 0 unspecified atom stereocenters. The van der Waals surface area contributed by atoms with Crippen LogP contribution in [0.25, 0.3) is 6.08 Å². The van der Waals surface area contributed by atoms with Crippen LogP contribution in [0.1, 0.15) is 19.4 Å². The lowest BCUT2D eigenvalue weighted by Gasteiger charge is -2.35. The molecule has 2 rings (SSSR count). The summed E-state index contributed by atoms with van der Waals surface area (Å²) in [5.74, 6) is -0.582. The van der Waals surface area contributed by atoms with Crippen molar-refractivity contribution in [3.8, 4) is 0 Å². The maximum absolute atomic E-state index is 13.6. The minimum atomic E-state index is -0.595. The highest BCUT2D eigenvalue weighted by molar-refractivity contribution is 5.59. The predicted molar refractivity (Wildman–Crippen MR) is 70.0 cm³/mol. The minimum Gasteiger partial charge on any atom is -0.399 e. The standard InChI is InChI=1S/C14H18F2N2/c1-9(2)6-18-7-10(8-18)3-12-13(15)4-11(17)5-14(12)16/h3-5,9H,6-8,17H2,1-2H3. The minimum absolute atomic E-state index is 0.0170. The second-order valence-electron chi connectivity index (χ2n) is 5.26. The van der Waals surface area contributed by atoms with Crippen LogP contribution < -0.4 is 5.73 Å². The van der Waals surface area contributed by atoms with E-state index in [9.17, 15) is 8.78 Å². The molecule has 98 valence electrons. The van der Waals surface area contributed by atoms with Gasteiger partial charge in [-0.3, -0.25) is 4.90 Å². The molecule has 0 amide bonds. The summed E-state index contributed by atoms with van der Waals surface area (Å²) in [5, 5.41) is 0. The molecular formula is C14H18F2N2. The fourth-order valence-electron chi connectivity index (χ4n) is 2.21. The largest absolute Gasteiger partial charge is 0.399 e. The molecule has 0 aromatic heterocycles. The van der Waals surface area contributed by atoms with E-state index in [0.717, 1.165) is 37.3 Å². The predicted octanol–water partition coefficient (Wildman–Crippen LogP) is 2.90. The summed E-state index contributed by atoms with van der Waals surface area (Å²) in [4.78, 5) is 2.25. The van der Waals surface area contributed by atoms with Gasteiger partial charge in [-0.25, -0.2) is 8.78 Å². The molecule has 1 saturated heterocycles. The van der Waals surface area contributed by atoms with Gasteiger partial charge in [0, 0.05) is 30.9 Å². The first-order valence-electron chi connectivity index (χ1n) is 6.12. The molecule has 0 saturated carbocycles. The summed E-state index contributed by atoms with van der Waals surface area (Å²) in [6.07, 6.45) is 1.60. The molecule has 2 N–H and O–H groups in total. The Bertz CT molecular complexity index is 450. The van der Waals surface area contributed by atoms with E-state index in [1.165, 1.54) is 0 Å². The zero-order valence-corrected chi connectivity index (χ0v) is 10.7. The zero-order valence-electron chi connectivity index (χ0n) is 10.7. The van der Waals surface area contributed by atoms with Crippen LogP contribution in [0.4, 0.5) is 14.5 Å². The Morgan fingerprint density at radius 1 is 1.28 bits per heavy atom. The first kappa shape index (κ1) is 13.0. The molecule has 0 aliphatic carbocycles. The number of nitrogens with two attached hydrogens (primary N) is 1. The fourth-order valence-corrected chi connectivity index (χ4v) is 2.21. The zero-order chi connectivity index (χ0) is 13.3. The lowest BCUT2D eigenvalue weighted by molar-refractivity contribution is 0.224. The molecule has 0 bridgehead atoms. The van der Waals surface area contributed by atoms with Crippen molar-refractivity contribution in [2.45, 2.75) is 13.8 Å². The topological polar surface area (TPSA) is 29.3 Å². The molecule has 1 aliphatic rings. The Balaban J connectivity index is 2.08. The van der Waals surface area contributed by atoms with E-state index in [2.05, 4.69) is 18.7 Å². The molecule has 0 radical (unpaired) electrons. The number of nitrogens with zero attached hydrogens (tertiary/aromatic N) is 1. The SMILES string of the molecule is CC(C)CN1CC(=Cc2c(F)cc(N)cc2F)C1. The van der Waals surface area contributed by atoms with Gasteiger partial charge in [0.15, 0.2) is 0 Å². The highest BCUT2D eigenvalue weighted by atomic mass is 19.1. The maximum Gasteiger partial charge on any atom is 0.135 e. The number of benzene rings is 1. The Morgan fingerprint density at radius 2 is 1.83 bits per heavy atom. The number of hydrogen-bond donors (Lipinski definition) is 1. The van der Waals surface area contributed by atoms with Crippen LogP contribution in [-0.2, 0) is 0 Å². The smallest absolute Gasteiger partial charge is 0.135 e. The maximum atomic E-state index is 13.6. The lowest BCUT2D eigenvalue weighted by atomic mass is 10.0. The summed E-state index contributed by atoms with van der Waals surface area (Å²) >= 11 is 0. The van der Waals surface area contributed by atoms with Gasteiger partial charge in [0.05, 0.1) is 0 Å². The number of nitrogen functional groups attached to an aromatic ring is 1. The summed E-state index contributed by atoms with van der Waals surface area (Å²) in [6.45, 7) is 6.91. The normalized spacial score (nSPS) is 15.9. The van der Waals surface area contributed by atoms with Crippen molar-refractivity contribution in [3.05, 3.63) is 34.9 Å². The third-order valence-corrected chi connectivity index (χ3v) is 2.93. The van der Waals surface area contributed by atoms with Crippen molar-refractivity contribution in [1.29, 1.82) is 0 Å². The first-order valence-corrected chi connectivity index (χ1v) is 6.12. The van der Waals surface area contributed by atoms with E-state index in [0.29, 0.717) is 5.92 Å². The van der Waals surface area contributed by atoms with Gasteiger partial charge in [-0.05, 0) is 29.7 Å².